The molecule has 1 aromatic carbocycles. The number of hydrogen-bond donors (Lipinski definition) is 0. The topological polar surface area (TPSA) is 17.1 Å². The van der Waals surface area contributed by atoms with E-state index in [1.54, 1.807) is 0 Å². The molecule has 0 spiro atoms. The highest BCUT2D eigenvalue weighted by Crippen LogP contribution is 2.10. The first kappa shape index (κ1) is 7.72. The third kappa shape index (κ3) is 1.56. The second-order valence-corrected chi connectivity index (χ2v) is 3.36. The minimum Gasteiger partial charge on any atom is -0.298 e. The van der Waals surface area contributed by atoms with Gasteiger partial charge in [-0.2, -0.15) is 0 Å². The average molecular weight is 246 g/mol. The van der Waals surface area contributed by atoms with Gasteiger partial charge in [-0.05, 0) is 47.2 Å². The van der Waals surface area contributed by atoms with Crippen LogP contribution in [0.2, 0.25) is 0 Å². The second kappa shape index (κ2) is 3.14. The van der Waals surface area contributed by atoms with E-state index < -0.39 is 0 Å². The van der Waals surface area contributed by atoms with Gasteiger partial charge in [0.1, 0.15) is 6.29 Å². The predicted molar refractivity (Wildman–Crippen MR) is 49.3 cm³/mol. The second-order valence-electron chi connectivity index (χ2n) is 2.12. The van der Waals surface area contributed by atoms with E-state index in [0.717, 1.165) is 21.0 Å². The van der Waals surface area contributed by atoms with Gasteiger partial charge in [0.25, 0.3) is 0 Å². The minimum atomic E-state index is 0.784. The summed E-state index contributed by atoms with van der Waals surface area (Å²) < 4.78 is 1.10. The van der Waals surface area contributed by atoms with Crippen LogP contribution in [0.25, 0.3) is 0 Å². The number of benzene rings is 1. The van der Waals surface area contributed by atoms with Gasteiger partial charge in [-0.15, -0.1) is 0 Å². The molecule has 52 valence electrons. The lowest BCUT2D eigenvalue weighted by atomic mass is 10.1. The summed E-state index contributed by atoms with van der Waals surface area (Å²) in [4.78, 5) is 10.4. The van der Waals surface area contributed by atoms with Crippen molar-refractivity contribution in [3.05, 3.63) is 32.9 Å². The van der Waals surface area contributed by atoms with Gasteiger partial charge in [0, 0.05) is 9.13 Å². The molecule has 1 rings (SSSR count). The zero-order valence-electron chi connectivity index (χ0n) is 5.60. The van der Waals surface area contributed by atoms with Crippen molar-refractivity contribution >= 4 is 28.9 Å². The molecule has 0 bridgehead atoms. The van der Waals surface area contributed by atoms with E-state index in [4.69, 9.17) is 0 Å². The Kier molecular flexibility index (Phi) is 2.43. The molecule has 0 fully saturated rings. The molecule has 0 aliphatic rings. The maximum absolute atomic E-state index is 10.4. The molecule has 0 N–H and O–H groups in total. The molecule has 1 nitrogen and oxygen atoms in total. The summed E-state index contributed by atoms with van der Waals surface area (Å²) in [6, 6.07) is 5.82. The molecule has 1 aromatic rings. The summed E-state index contributed by atoms with van der Waals surface area (Å²) in [5.41, 5.74) is 1.82. The summed E-state index contributed by atoms with van der Waals surface area (Å²) in [5.74, 6) is 0. The maximum Gasteiger partial charge on any atom is 0.150 e. The Morgan fingerprint density at radius 1 is 1.50 bits per heavy atom. The van der Waals surface area contributed by atoms with Crippen LogP contribution >= 0.6 is 22.6 Å². The van der Waals surface area contributed by atoms with Crippen LogP contribution in [0, 0.1) is 10.5 Å². The van der Waals surface area contributed by atoms with Gasteiger partial charge >= 0.3 is 0 Å². The monoisotopic (exact) mass is 246 g/mol. The van der Waals surface area contributed by atoms with Crippen molar-refractivity contribution in [3.63, 3.8) is 0 Å². The van der Waals surface area contributed by atoms with Gasteiger partial charge in [-0.25, -0.2) is 0 Å². The number of halogens is 1. The number of carbonyl (C=O) groups excluding carboxylic acids is 1. The van der Waals surface area contributed by atoms with Crippen LogP contribution < -0.4 is 0 Å². The zero-order chi connectivity index (χ0) is 7.56. The molecule has 10 heavy (non-hydrogen) atoms. The Morgan fingerprint density at radius 2 is 2.20 bits per heavy atom. The first-order valence-electron chi connectivity index (χ1n) is 2.95. The summed E-state index contributed by atoms with van der Waals surface area (Å²) in [6.45, 7) is 1.93. The quantitative estimate of drug-likeness (QED) is 0.549. The molecule has 0 saturated carbocycles. The van der Waals surface area contributed by atoms with Gasteiger partial charge in [-0.1, -0.05) is 6.07 Å². The van der Waals surface area contributed by atoms with E-state index >= 15 is 0 Å². The average Bonchev–Trinajstić information content (AvgIpc) is 1.94. The van der Waals surface area contributed by atoms with Crippen LogP contribution in [0.15, 0.2) is 18.2 Å². The van der Waals surface area contributed by atoms with Crippen molar-refractivity contribution in [1.29, 1.82) is 0 Å². The summed E-state index contributed by atoms with van der Waals surface area (Å²) >= 11 is 2.19. The smallest absolute Gasteiger partial charge is 0.150 e. The normalized spacial score (nSPS) is 9.40. The Labute approximate surface area is 73.6 Å². The number of rotatable bonds is 1. The highest BCUT2D eigenvalue weighted by molar-refractivity contribution is 14.1. The van der Waals surface area contributed by atoms with Gasteiger partial charge in [0.2, 0.25) is 0 Å². The van der Waals surface area contributed by atoms with Gasteiger partial charge < -0.3 is 0 Å². The summed E-state index contributed by atoms with van der Waals surface area (Å²) in [5, 5.41) is 0. The molecule has 0 saturated heterocycles. The van der Waals surface area contributed by atoms with Crippen molar-refractivity contribution < 1.29 is 4.79 Å². The largest absolute Gasteiger partial charge is 0.298 e. The molecule has 0 atom stereocenters. The van der Waals surface area contributed by atoms with E-state index in [1.807, 2.05) is 25.1 Å². The third-order valence-corrected chi connectivity index (χ3v) is 2.04. The zero-order valence-corrected chi connectivity index (χ0v) is 7.75. The van der Waals surface area contributed by atoms with Crippen LogP contribution in [0.3, 0.4) is 0 Å². The molecule has 0 aliphatic carbocycles. The molecule has 0 aromatic heterocycles. The van der Waals surface area contributed by atoms with E-state index in [9.17, 15) is 4.79 Å². The molecule has 0 amide bonds. The maximum atomic E-state index is 10.4. The highest BCUT2D eigenvalue weighted by atomic mass is 127. The van der Waals surface area contributed by atoms with Crippen LogP contribution in [0.1, 0.15) is 15.9 Å². The van der Waals surface area contributed by atoms with Crippen LogP contribution in [0.4, 0.5) is 0 Å². The molecular weight excluding hydrogens is 239 g/mol. The van der Waals surface area contributed by atoms with E-state index in [-0.39, 0.29) is 0 Å². The van der Waals surface area contributed by atoms with E-state index in [0.29, 0.717) is 0 Å². The first-order valence-corrected chi connectivity index (χ1v) is 4.03. The number of aldehydes is 1. The van der Waals surface area contributed by atoms with Crippen molar-refractivity contribution in [3.8, 4) is 0 Å². The fourth-order valence-corrected chi connectivity index (χ4v) is 1.25. The highest BCUT2D eigenvalue weighted by Gasteiger charge is 1.95. The number of aryl methyl sites for hydroxylation is 1. The summed E-state index contributed by atoms with van der Waals surface area (Å²) in [7, 11) is 0. The lowest BCUT2D eigenvalue weighted by Crippen LogP contribution is -1.85. The van der Waals surface area contributed by atoms with E-state index in [2.05, 4.69) is 22.6 Å². The van der Waals surface area contributed by atoms with Gasteiger partial charge in [-0.3, -0.25) is 4.79 Å². The van der Waals surface area contributed by atoms with Crippen molar-refractivity contribution in [2.45, 2.75) is 6.92 Å². The standard InChI is InChI=1S/C8H7IO/c1-6-2-3-8(9)4-7(6)5-10/h2-5H,1H3. The Morgan fingerprint density at radius 3 is 2.70 bits per heavy atom. The fraction of sp³-hybridized carbons (Fsp3) is 0.125. The molecule has 2 heteroatoms. The fourth-order valence-electron chi connectivity index (χ4n) is 0.738. The van der Waals surface area contributed by atoms with Gasteiger partial charge in [0.05, 0.1) is 0 Å². The van der Waals surface area contributed by atoms with Crippen LogP contribution in [-0.4, -0.2) is 6.29 Å². The van der Waals surface area contributed by atoms with Crippen molar-refractivity contribution in [2.24, 2.45) is 0 Å². The lowest BCUT2D eigenvalue weighted by molar-refractivity contribution is 0.112. The third-order valence-electron chi connectivity index (χ3n) is 1.37. The van der Waals surface area contributed by atoms with Crippen LogP contribution in [0.5, 0.6) is 0 Å². The SMILES string of the molecule is Cc1ccc(I)cc1C=O. The van der Waals surface area contributed by atoms with Gasteiger partial charge in [0.15, 0.2) is 0 Å². The minimum absolute atomic E-state index is 0.784. The van der Waals surface area contributed by atoms with E-state index in [1.165, 1.54) is 0 Å². The molecule has 0 heterocycles. The number of hydrogen-bond acceptors (Lipinski definition) is 1. The Balaban J connectivity index is 3.21. The van der Waals surface area contributed by atoms with Crippen molar-refractivity contribution in [2.75, 3.05) is 0 Å². The molecular formula is C8H7IO. The van der Waals surface area contributed by atoms with Crippen molar-refractivity contribution in [1.82, 2.24) is 0 Å². The number of carbonyl (C=O) groups is 1. The molecule has 0 aliphatic heterocycles. The Bertz CT molecular complexity index is 255. The first-order chi connectivity index (χ1) is 4.74. The summed E-state index contributed by atoms with van der Waals surface area (Å²) in [6.07, 6.45) is 0.886. The molecule has 0 radical (unpaired) electrons. The molecule has 0 unspecified atom stereocenters. The Hall–Kier alpha value is -0.380. The van der Waals surface area contributed by atoms with Crippen LogP contribution in [-0.2, 0) is 0 Å². The lowest BCUT2D eigenvalue weighted by Gasteiger charge is -1.96. The predicted octanol–water partition coefficient (Wildman–Crippen LogP) is 2.41.